The number of anilines is 1. The van der Waals surface area contributed by atoms with Gasteiger partial charge in [-0.2, -0.15) is 10.4 Å². The molecule has 1 aromatic carbocycles. The molecule has 22 heavy (non-hydrogen) atoms. The van der Waals surface area contributed by atoms with E-state index in [1.165, 1.54) is 0 Å². The number of pyridine rings is 1. The smallest absolute Gasteiger partial charge is 0.126 e. The fraction of sp³-hybridized carbons (Fsp3) is 0.118. The molecule has 0 radical (unpaired) electrons. The number of nitrogens with one attached hydrogen (secondary N) is 1. The number of hydrogen-bond acceptors (Lipinski definition) is 4. The van der Waals surface area contributed by atoms with Gasteiger partial charge in [0.25, 0.3) is 0 Å². The maximum absolute atomic E-state index is 8.79. The lowest BCUT2D eigenvalue weighted by Gasteiger charge is -2.16. The van der Waals surface area contributed by atoms with E-state index in [2.05, 4.69) is 40.5 Å². The van der Waals surface area contributed by atoms with Gasteiger partial charge in [0.15, 0.2) is 0 Å². The Morgan fingerprint density at radius 3 is 2.82 bits per heavy atom. The number of benzene rings is 1. The molecule has 0 bridgehead atoms. The van der Waals surface area contributed by atoms with Gasteiger partial charge in [0.1, 0.15) is 11.9 Å². The van der Waals surface area contributed by atoms with Crippen molar-refractivity contribution < 1.29 is 0 Å². The van der Waals surface area contributed by atoms with Crippen LogP contribution in [-0.4, -0.2) is 14.8 Å². The first-order chi connectivity index (χ1) is 10.8. The van der Waals surface area contributed by atoms with E-state index in [0.29, 0.717) is 5.56 Å². The van der Waals surface area contributed by atoms with Crippen LogP contribution >= 0.6 is 0 Å². The van der Waals surface area contributed by atoms with E-state index in [9.17, 15) is 0 Å². The van der Waals surface area contributed by atoms with Gasteiger partial charge in [-0.05, 0) is 42.8 Å². The zero-order valence-corrected chi connectivity index (χ0v) is 12.1. The van der Waals surface area contributed by atoms with Crippen molar-refractivity contribution in [2.75, 3.05) is 5.32 Å². The van der Waals surface area contributed by atoms with E-state index < -0.39 is 0 Å². The molecule has 108 valence electrons. The van der Waals surface area contributed by atoms with Gasteiger partial charge in [-0.25, -0.2) is 9.67 Å². The summed E-state index contributed by atoms with van der Waals surface area (Å²) in [5.41, 5.74) is 2.71. The minimum absolute atomic E-state index is 0.0935. The second kappa shape index (κ2) is 6.10. The maximum atomic E-state index is 8.79. The second-order valence-electron chi connectivity index (χ2n) is 4.96. The van der Waals surface area contributed by atoms with Crippen molar-refractivity contribution in [3.05, 3.63) is 72.2 Å². The van der Waals surface area contributed by atoms with Crippen LogP contribution in [0.4, 0.5) is 5.82 Å². The summed E-state index contributed by atoms with van der Waals surface area (Å²) in [5, 5.41) is 16.4. The highest BCUT2D eigenvalue weighted by Gasteiger charge is 2.07. The number of nitriles is 1. The van der Waals surface area contributed by atoms with Crippen molar-refractivity contribution in [2.45, 2.75) is 13.0 Å². The number of hydrogen-bond donors (Lipinski definition) is 1. The first-order valence-corrected chi connectivity index (χ1v) is 6.99. The molecule has 0 aliphatic carbocycles. The molecule has 0 aliphatic rings. The van der Waals surface area contributed by atoms with Crippen molar-refractivity contribution in [3.63, 3.8) is 0 Å². The monoisotopic (exact) mass is 289 g/mol. The molecular formula is C17H15N5. The summed E-state index contributed by atoms with van der Waals surface area (Å²) in [6, 6.07) is 15.8. The third kappa shape index (κ3) is 2.96. The van der Waals surface area contributed by atoms with Crippen LogP contribution in [0.1, 0.15) is 24.1 Å². The fourth-order valence-corrected chi connectivity index (χ4v) is 2.21. The van der Waals surface area contributed by atoms with E-state index in [0.717, 1.165) is 17.1 Å². The van der Waals surface area contributed by atoms with Gasteiger partial charge in [0, 0.05) is 18.6 Å². The van der Waals surface area contributed by atoms with Gasteiger partial charge < -0.3 is 5.32 Å². The molecule has 2 heterocycles. The molecule has 0 saturated carbocycles. The molecule has 0 saturated heterocycles. The summed E-state index contributed by atoms with van der Waals surface area (Å²) >= 11 is 0. The molecule has 0 unspecified atom stereocenters. The number of nitrogens with zero attached hydrogens (tertiary/aromatic N) is 4. The zero-order chi connectivity index (χ0) is 15.4. The SMILES string of the molecule is C[C@@H](Nc1ccc(C#N)cn1)c1cccc(-n2cccn2)c1. The van der Waals surface area contributed by atoms with Gasteiger partial charge in [0.05, 0.1) is 17.3 Å². The van der Waals surface area contributed by atoms with Crippen LogP contribution in [0.25, 0.3) is 5.69 Å². The Kier molecular flexibility index (Phi) is 3.84. The van der Waals surface area contributed by atoms with Gasteiger partial charge in [-0.1, -0.05) is 12.1 Å². The summed E-state index contributed by atoms with van der Waals surface area (Å²) in [6.45, 7) is 2.07. The van der Waals surface area contributed by atoms with E-state index >= 15 is 0 Å². The molecule has 1 atom stereocenters. The Hall–Kier alpha value is -3.13. The number of aromatic nitrogens is 3. The predicted octanol–water partition coefficient (Wildman–Crippen LogP) is 3.31. The average Bonchev–Trinajstić information content (AvgIpc) is 3.10. The summed E-state index contributed by atoms with van der Waals surface area (Å²) in [5.74, 6) is 0.746. The molecule has 5 nitrogen and oxygen atoms in total. The van der Waals surface area contributed by atoms with Crippen molar-refractivity contribution in [2.24, 2.45) is 0 Å². The normalized spacial score (nSPS) is 11.6. The minimum Gasteiger partial charge on any atom is -0.364 e. The lowest BCUT2D eigenvalue weighted by molar-refractivity contribution is 0.850. The van der Waals surface area contributed by atoms with Gasteiger partial charge >= 0.3 is 0 Å². The summed E-state index contributed by atoms with van der Waals surface area (Å²) < 4.78 is 1.83. The number of rotatable bonds is 4. The highest BCUT2D eigenvalue weighted by molar-refractivity contribution is 5.43. The Labute approximate surface area is 128 Å². The molecule has 0 fully saturated rings. The minimum atomic E-state index is 0.0935. The van der Waals surface area contributed by atoms with Crippen LogP contribution < -0.4 is 5.32 Å². The largest absolute Gasteiger partial charge is 0.364 e. The van der Waals surface area contributed by atoms with E-state index in [1.54, 1.807) is 18.5 Å². The molecule has 5 heteroatoms. The second-order valence-corrected chi connectivity index (χ2v) is 4.96. The fourth-order valence-electron chi connectivity index (χ4n) is 2.21. The molecule has 0 amide bonds. The molecular weight excluding hydrogens is 274 g/mol. The molecule has 1 N–H and O–H groups in total. The quantitative estimate of drug-likeness (QED) is 0.800. The van der Waals surface area contributed by atoms with Crippen LogP contribution in [0.2, 0.25) is 0 Å². The third-order valence-corrected chi connectivity index (χ3v) is 3.40. The van der Waals surface area contributed by atoms with Crippen molar-refractivity contribution in [3.8, 4) is 11.8 Å². The summed E-state index contributed by atoms with van der Waals surface area (Å²) in [6.07, 6.45) is 5.24. The predicted molar refractivity (Wildman–Crippen MR) is 84.6 cm³/mol. The van der Waals surface area contributed by atoms with Crippen LogP contribution in [0, 0.1) is 11.3 Å². The van der Waals surface area contributed by atoms with E-state index in [-0.39, 0.29) is 6.04 Å². The standard InChI is InChI=1S/C17H15N5/c1-13(21-17-7-6-14(11-18)12-19-17)15-4-2-5-16(10-15)22-9-3-8-20-22/h2-10,12-13H,1H3,(H,19,21)/t13-/m1/s1. The van der Waals surface area contributed by atoms with Crippen molar-refractivity contribution in [1.82, 2.24) is 14.8 Å². The lowest BCUT2D eigenvalue weighted by Crippen LogP contribution is -2.08. The Morgan fingerprint density at radius 2 is 2.14 bits per heavy atom. The zero-order valence-electron chi connectivity index (χ0n) is 12.1. The average molecular weight is 289 g/mol. The van der Waals surface area contributed by atoms with Gasteiger partial charge in [-0.3, -0.25) is 0 Å². The van der Waals surface area contributed by atoms with Crippen molar-refractivity contribution >= 4 is 5.82 Å². The first-order valence-electron chi connectivity index (χ1n) is 6.99. The highest BCUT2D eigenvalue weighted by atomic mass is 15.3. The summed E-state index contributed by atoms with van der Waals surface area (Å²) in [4.78, 5) is 4.24. The Morgan fingerprint density at radius 1 is 1.23 bits per heavy atom. The molecule has 3 aromatic rings. The topological polar surface area (TPSA) is 66.5 Å². The molecule has 3 rings (SSSR count). The Bertz CT molecular complexity index is 785. The first kappa shape index (κ1) is 13.8. The van der Waals surface area contributed by atoms with Crippen LogP contribution in [0.5, 0.6) is 0 Å². The lowest BCUT2D eigenvalue weighted by atomic mass is 10.1. The van der Waals surface area contributed by atoms with E-state index in [1.807, 2.05) is 35.1 Å². The van der Waals surface area contributed by atoms with Crippen LogP contribution in [-0.2, 0) is 0 Å². The van der Waals surface area contributed by atoms with Gasteiger partial charge in [-0.15, -0.1) is 0 Å². The molecule has 2 aromatic heterocycles. The third-order valence-electron chi connectivity index (χ3n) is 3.40. The van der Waals surface area contributed by atoms with Crippen LogP contribution in [0.3, 0.4) is 0 Å². The molecule has 0 spiro atoms. The van der Waals surface area contributed by atoms with Gasteiger partial charge in [0.2, 0.25) is 0 Å². The van der Waals surface area contributed by atoms with Crippen molar-refractivity contribution in [1.29, 1.82) is 5.26 Å². The highest BCUT2D eigenvalue weighted by Crippen LogP contribution is 2.20. The van der Waals surface area contributed by atoms with E-state index in [4.69, 9.17) is 5.26 Å². The summed E-state index contributed by atoms with van der Waals surface area (Å²) in [7, 11) is 0. The van der Waals surface area contributed by atoms with Crippen LogP contribution in [0.15, 0.2) is 61.1 Å². The molecule has 0 aliphatic heterocycles. The maximum Gasteiger partial charge on any atom is 0.126 e. The Balaban J connectivity index is 1.78.